The molecule has 30 heavy (non-hydrogen) atoms. The Balaban J connectivity index is 1.67. The van der Waals surface area contributed by atoms with Crippen molar-refractivity contribution in [2.45, 2.75) is 12.8 Å². The molecule has 9 heteroatoms. The third kappa shape index (κ3) is 8.84. The summed E-state index contributed by atoms with van der Waals surface area (Å²) in [7, 11) is 0. The second-order valence-electron chi connectivity index (χ2n) is 6.01. The van der Waals surface area contributed by atoms with E-state index in [0.29, 0.717) is 45.5 Å². The Hall–Kier alpha value is -1.27. The third-order valence-electron chi connectivity index (χ3n) is 3.73. The van der Waals surface area contributed by atoms with Gasteiger partial charge in [-0.3, -0.25) is 10.3 Å². The number of halogens is 5. The van der Waals surface area contributed by atoms with Crippen LogP contribution in [0.15, 0.2) is 53.5 Å². The highest BCUT2D eigenvalue weighted by Crippen LogP contribution is 2.37. The van der Waals surface area contributed by atoms with E-state index in [-0.39, 0.29) is 11.1 Å². The van der Waals surface area contributed by atoms with Gasteiger partial charge in [0, 0.05) is 17.2 Å². The van der Waals surface area contributed by atoms with Gasteiger partial charge in [-0.25, -0.2) is 0 Å². The monoisotopic (exact) mass is 509 g/mol. The summed E-state index contributed by atoms with van der Waals surface area (Å²) in [5.41, 5.74) is 4.38. The summed E-state index contributed by atoms with van der Waals surface area (Å²) < 4.78 is 11.3. The minimum absolute atomic E-state index is 0.126. The topological polar surface area (TPSA) is 39.7 Å². The number of rotatable bonds is 12. The molecule has 0 aliphatic rings. The summed E-state index contributed by atoms with van der Waals surface area (Å²) in [4.78, 5) is 5.42. The van der Waals surface area contributed by atoms with Gasteiger partial charge in [-0.1, -0.05) is 76.7 Å². The van der Waals surface area contributed by atoms with Crippen LogP contribution in [0.2, 0.25) is 15.1 Å². The van der Waals surface area contributed by atoms with E-state index in [1.165, 1.54) is 6.08 Å². The van der Waals surface area contributed by atoms with Crippen molar-refractivity contribution in [1.29, 1.82) is 0 Å². The fraction of sp³-hybridized carbons (Fsp3) is 0.238. The lowest BCUT2D eigenvalue weighted by Crippen LogP contribution is -2.13. The van der Waals surface area contributed by atoms with Crippen LogP contribution in [0.3, 0.4) is 0 Å². The van der Waals surface area contributed by atoms with Crippen LogP contribution in [0.1, 0.15) is 18.4 Å². The second kappa shape index (κ2) is 13.2. The van der Waals surface area contributed by atoms with Gasteiger partial charge in [-0.15, -0.1) is 0 Å². The molecule has 2 aromatic carbocycles. The molecule has 0 atom stereocenters. The molecule has 0 radical (unpaired) electrons. The van der Waals surface area contributed by atoms with Gasteiger partial charge in [0.25, 0.3) is 0 Å². The first-order valence-electron chi connectivity index (χ1n) is 8.95. The van der Waals surface area contributed by atoms with Crippen molar-refractivity contribution >= 4 is 63.7 Å². The van der Waals surface area contributed by atoms with E-state index in [1.807, 2.05) is 12.1 Å². The Morgan fingerprint density at radius 1 is 0.933 bits per heavy atom. The van der Waals surface area contributed by atoms with Crippen LogP contribution in [0, 0.1) is 0 Å². The molecule has 0 aliphatic heterocycles. The van der Waals surface area contributed by atoms with Gasteiger partial charge in [0.1, 0.15) is 16.8 Å². The molecule has 0 fully saturated rings. The van der Waals surface area contributed by atoms with Gasteiger partial charge in [-0.05, 0) is 36.6 Å². The average Bonchev–Trinajstić information content (AvgIpc) is 2.69. The number of hydroxylamine groups is 1. The Bertz CT molecular complexity index is 844. The van der Waals surface area contributed by atoms with Crippen molar-refractivity contribution in [3.05, 3.63) is 74.2 Å². The maximum atomic E-state index is 6.23. The number of ether oxygens (including phenoxy) is 2. The predicted molar refractivity (Wildman–Crippen MR) is 126 cm³/mol. The molecule has 1 N–H and O–H groups in total. The van der Waals surface area contributed by atoms with Crippen LogP contribution in [-0.2, 0) is 4.84 Å². The zero-order valence-corrected chi connectivity index (χ0v) is 19.7. The smallest absolute Gasteiger partial charge is 0.156 e. The summed E-state index contributed by atoms with van der Waals surface area (Å²) in [6.07, 6.45) is 3.03. The quantitative estimate of drug-likeness (QED) is 0.234. The Morgan fingerprint density at radius 3 is 2.20 bits per heavy atom. The van der Waals surface area contributed by atoms with Crippen LogP contribution in [-0.4, -0.2) is 19.8 Å². The first-order valence-corrected chi connectivity index (χ1v) is 10.8. The van der Waals surface area contributed by atoms with Crippen molar-refractivity contribution in [3.63, 3.8) is 0 Å². The summed E-state index contributed by atoms with van der Waals surface area (Å²) >= 11 is 29.4. The summed E-state index contributed by atoms with van der Waals surface area (Å²) in [6.45, 7) is 5.05. The number of hydrogen-bond acceptors (Lipinski definition) is 4. The van der Waals surface area contributed by atoms with Gasteiger partial charge in [0.05, 0.1) is 29.0 Å². The summed E-state index contributed by atoms with van der Waals surface area (Å²) in [6, 6.07) is 10.6. The molecule has 4 nitrogen and oxygen atoms in total. The Labute approximate surface area is 201 Å². The summed E-state index contributed by atoms with van der Waals surface area (Å²) in [5, 5.41) is 1.38. The van der Waals surface area contributed by atoms with Crippen molar-refractivity contribution in [2.75, 3.05) is 19.8 Å². The van der Waals surface area contributed by atoms with E-state index < -0.39 is 0 Å². The van der Waals surface area contributed by atoms with Crippen molar-refractivity contribution in [1.82, 2.24) is 5.48 Å². The molecule has 0 amide bonds. The minimum atomic E-state index is 0.126. The van der Waals surface area contributed by atoms with Crippen LogP contribution in [0.5, 0.6) is 11.5 Å². The van der Waals surface area contributed by atoms with Crippen molar-refractivity contribution in [3.8, 4) is 11.5 Å². The lowest BCUT2D eigenvalue weighted by molar-refractivity contribution is 0.0733. The number of benzene rings is 2. The zero-order valence-electron chi connectivity index (χ0n) is 15.9. The number of nitrogens with one attached hydrogen (secondary N) is 1. The maximum Gasteiger partial charge on any atom is 0.156 e. The maximum absolute atomic E-state index is 6.23. The van der Waals surface area contributed by atoms with Gasteiger partial charge in [0.2, 0.25) is 0 Å². The van der Waals surface area contributed by atoms with Crippen molar-refractivity contribution < 1.29 is 14.3 Å². The van der Waals surface area contributed by atoms with E-state index >= 15 is 0 Å². The molecule has 0 heterocycles. The highest BCUT2D eigenvalue weighted by Gasteiger charge is 2.10. The molecular weight excluding hydrogens is 492 g/mol. The van der Waals surface area contributed by atoms with E-state index in [4.69, 9.17) is 72.3 Å². The molecule has 0 spiro atoms. The SMILES string of the molecule is C=C(NOCCCCOc1c(Cl)cc(OCC=C(Cl)Cl)cc1Cl)c1ccc(Cl)cc1. The lowest BCUT2D eigenvalue weighted by atomic mass is 10.2. The van der Waals surface area contributed by atoms with Crippen LogP contribution < -0.4 is 15.0 Å². The molecule has 0 saturated heterocycles. The van der Waals surface area contributed by atoms with Gasteiger partial charge < -0.3 is 9.47 Å². The normalized spacial score (nSPS) is 10.4. The molecule has 0 bridgehead atoms. The highest BCUT2D eigenvalue weighted by atomic mass is 35.5. The highest BCUT2D eigenvalue weighted by molar-refractivity contribution is 6.55. The standard InChI is InChI=1S/C21H20Cl5NO3/c1-14(15-4-6-16(22)7-5-15)27-30-10-3-2-9-29-21-18(23)12-17(13-19(21)24)28-11-8-20(25)26/h4-8,12-13,27H,1-3,9-11H2. The van der Waals surface area contributed by atoms with Crippen LogP contribution in [0.25, 0.3) is 5.70 Å². The summed E-state index contributed by atoms with van der Waals surface area (Å²) in [5.74, 6) is 0.898. The molecule has 162 valence electrons. The minimum Gasteiger partial charge on any atom is -0.490 e. The van der Waals surface area contributed by atoms with Gasteiger partial charge in [0.15, 0.2) is 5.75 Å². The third-order valence-corrected chi connectivity index (χ3v) is 4.86. The molecule has 0 aliphatic carbocycles. The fourth-order valence-electron chi connectivity index (χ4n) is 2.26. The van der Waals surface area contributed by atoms with Crippen LogP contribution in [0.4, 0.5) is 0 Å². The Kier molecular flexibility index (Phi) is 11.0. The molecule has 0 saturated carbocycles. The number of unbranched alkanes of at least 4 members (excludes halogenated alkanes) is 1. The van der Waals surface area contributed by atoms with Gasteiger partial charge >= 0.3 is 0 Å². The first-order chi connectivity index (χ1) is 14.4. The van der Waals surface area contributed by atoms with E-state index in [2.05, 4.69) is 12.1 Å². The molecule has 2 rings (SSSR count). The first kappa shape index (κ1) is 25.0. The molecular formula is C21H20Cl5NO3. The number of hydrogen-bond donors (Lipinski definition) is 1. The second-order valence-corrected chi connectivity index (χ2v) is 8.27. The Morgan fingerprint density at radius 2 is 1.57 bits per heavy atom. The molecule has 2 aromatic rings. The largest absolute Gasteiger partial charge is 0.490 e. The molecule has 0 aromatic heterocycles. The van der Waals surface area contributed by atoms with E-state index in [9.17, 15) is 0 Å². The lowest BCUT2D eigenvalue weighted by Gasteiger charge is -2.13. The molecule has 0 unspecified atom stereocenters. The van der Waals surface area contributed by atoms with E-state index in [1.54, 1.807) is 24.3 Å². The predicted octanol–water partition coefficient (Wildman–Crippen LogP) is 7.70. The van der Waals surface area contributed by atoms with Crippen LogP contribution >= 0.6 is 58.0 Å². The fourth-order valence-corrected chi connectivity index (χ4v) is 3.09. The average molecular weight is 512 g/mol. The zero-order chi connectivity index (χ0) is 21.9. The van der Waals surface area contributed by atoms with E-state index in [0.717, 1.165) is 18.4 Å². The van der Waals surface area contributed by atoms with Crippen molar-refractivity contribution in [2.24, 2.45) is 0 Å². The van der Waals surface area contributed by atoms with Gasteiger partial charge in [-0.2, -0.15) is 0 Å².